The summed E-state index contributed by atoms with van der Waals surface area (Å²) in [6.07, 6.45) is 6.91. The van der Waals surface area contributed by atoms with E-state index in [-0.39, 0.29) is 11.8 Å². The van der Waals surface area contributed by atoms with Crippen LogP contribution in [0.15, 0.2) is 30.5 Å². The quantitative estimate of drug-likeness (QED) is 0.795. The van der Waals surface area contributed by atoms with Crippen molar-refractivity contribution in [3.8, 4) is 0 Å². The summed E-state index contributed by atoms with van der Waals surface area (Å²) >= 11 is 0. The maximum absolute atomic E-state index is 13.6. The molecule has 5 nitrogen and oxygen atoms in total. The van der Waals surface area contributed by atoms with Crippen LogP contribution in [0.25, 0.3) is 0 Å². The number of carbonyl (C=O) groups excluding carboxylic acids is 1. The normalized spacial score (nSPS) is 25.2. The zero-order chi connectivity index (χ0) is 19.7. The Labute approximate surface area is 163 Å². The topological polar surface area (TPSA) is 47.4 Å². The first kappa shape index (κ1) is 19.1. The minimum absolute atomic E-state index is 0.0637. The van der Waals surface area contributed by atoms with Gasteiger partial charge in [0, 0.05) is 37.3 Å². The van der Waals surface area contributed by atoms with E-state index in [1.807, 2.05) is 24.0 Å². The molecule has 28 heavy (non-hydrogen) atoms. The molecule has 4 rings (SSSR count). The van der Waals surface area contributed by atoms with Crippen molar-refractivity contribution in [2.45, 2.75) is 44.6 Å². The molecule has 0 bridgehead atoms. The Balaban J connectivity index is 1.38. The highest BCUT2D eigenvalue weighted by Gasteiger charge is 2.37. The molecule has 2 aromatic rings. The van der Waals surface area contributed by atoms with E-state index in [0.717, 1.165) is 38.2 Å². The molecule has 150 valence electrons. The third kappa shape index (κ3) is 3.94. The van der Waals surface area contributed by atoms with Crippen LogP contribution in [0.5, 0.6) is 0 Å². The smallest absolute Gasteiger partial charge is 0.249 e. The van der Waals surface area contributed by atoms with Crippen LogP contribution in [-0.2, 0) is 23.1 Å². The molecule has 1 aliphatic heterocycles. The van der Waals surface area contributed by atoms with Crippen molar-refractivity contribution in [3.05, 3.63) is 53.4 Å². The first-order valence-corrected chi connectivity index (χ1v) is 9.90. The molecule has 0 N–H and O–H groups in total. The first-order chi connectivity index (χ1) is 13.5. The summed E-state index contributed by atoms with van der Waals surface area (Å²) in [7, 11) is 1.95. The van der Waals surface area contributed by atoms with E-state index in [4.69, 9.17) is 4.84 Å². The standard InChI is InChI=1S/C21H25F2N3O2/c1-25-19(6-8-24-25)10-14-2-4-15(5-3-14)21(27)26-20(7-9-28-26)16-11-17(22)13-18(23)12-16/h6,8,11-15,20H,2-5,7,9-10H2,1H3/t14?,15?,20-/m0/s1. The molecular formula is C21H25F2N3O2. The van der Waals surface area contributed by atoms with Crippen molar-refractivity contribution in [1.29, 1.82) is 0 Å². The average Bonchev–Trinajstić information content (AvgIpc) is 3.31. The van der Waals surface area contributed by atoms with Gasteiger partial charge >= 0.3 is 0 Å². The van der Waals surface area contributed by atoms with Crippen molar-refractivity contribution in [3.63, 3.8) is 0 Å². The molecular weight excluding hydrogens is 364 g/mol. The van der Waals surface area contributed by atoms with Crippen LogP contribution in [-0.4, -0.2) is 27.4 Å². The molecule has 1 aromatic heterocycles. The molecule has 2 heterocycles. The summed E-state index contributed by atoms with van der Waals surface area (Å²) in [5.41, 5.74) is 1.67. The Morgan fingerprint density at radius 1 is 1.14 bits per heavy atom. The van der Waals surface area contributed by atoms with Gasteiger partial charge in [0.2, 0.25) is 5.91 Å². The van der Waals surface area contributed by atoms with Gasteiger partial charge in [-0.2, -0.15) is 5.10 Å². The number of hydrogen-bond donors (Lipinski definition) is 0. The molecule has 1 aromatic carbocycles. The second-order valence-electron chi connectivity index (χ2n) is 7.87. The van der Waals surface area contributed by atoms with E-state index in [2.05, 4.69) is 5.10 Å². The summed E-state index contributed by atoms with van der Waals surface area (Å²) < 4.78 is 29.1. The van der Waals surface area contributed by atoms with Gasteiger partial charge in [-0.05, 0) is 61.8 Å². The SMILES string of the molecule is Cn1nccc1CC1CCC(C(=O)N2OCC[C@H]2c2cc(F)cc(F)c2)CC1. The Bertz CT molecular complexity index is 826. The van der Waals surface area contributed by atoms with Gasteiger partial charge in [-0.25, -0.2) is 13.8 Å². The molecule has 1 atom stereocenters. The van der Waals surface area contributed by atoms with Crippen LogP contribution in [0, 0.1) is 23.5 Å². The second kappa shape index (κ2) is 7.99. The van der Waals surface area contributed by atoms with Crippen LogP contribution in [0.1, 0.15) is 49.4 Å². The van der Waals surface area contributed by atoms with E-state index in [0.29, 0.717) is 24.5 Å². The summed E-state index contributed by atoms with van der Waals surface area (Å²) in [5, 5.41) is 5.57. The van der Waals surface area contributed by atoms with Crippen LogP contribution in [0.3, 0.4) is 0 Å². The maximum atomic E-state index is 13.6. The fraction of sp³-hybridized carbons (Fsp3) is 0.524. The number of amides is 1. The van der Waals surface area contributed by atoms with E-state index in [9.17, 15) is 13.6 Å². The van der Waals surface area contributed by atoms with Gasteiger partial charge < -0.3 is 0 Å². The molecule has 1 saturated heterocycles. The number of benzene rings is 1. The number of hydrogen-bond acceptors (Lipinski definition) is 3. The Morgan fingerprint density at radius 3 is 2.50 bits per heavy atom. The van der Waals surface area contributed by atoms with Crippen molar-refractivity contribution in [2.75, 3.05) is 6.61 Å². The molecule has 2 aliphatic rings. The van der Waals surface area contributed by atoms with Gasteiger partial charge in [0.05, 0.1) is 12.6 Å². The van der Waals surface area contributed by atoms with Crippen molar-refractivity contribution >= 4 is 5.91 Å². The van der Waals surface area contributed by atoms with E-state index < -0.39 is 17.7 Å². The molecule has 1 amide bonds. The van der Waals surface area contributed by atoms with E-state index in [1.165, 1.54) is 22.9 Å². The third-order valence-electron chi connectivity index (χ3n) is 6.01. The number of aryl methyl sites for hydroxylation is 1. The fourth-order valence-corrected chi connectivity index (χ4v) is 4.45. The van der Waals surface area contributed by atoms with Crippen molar-refractivity contribution in [1.82, 2.24) is 14.8 Å². The van der Waals surface area contributed by atoms with Gasteiger partial charge in [0.1, 0.15) is 11.6 Å². The predicted octanol–water partition coefficient (Wildman–Crippen LogP) is 3.95. The largest absolute Gasteiger partial charge is 0.273 e. The van der Waals surface area contributed by atoms with E-state index >= 15 is 0 Å². The van der Waals surface area contributed by atoms with E-state index in [1.54, 1.807) is 0 Å². The van der Waals surface area contributed by atoms with Crippen molar-refractivity contribution < 1.29 is 18.4 Å². The molecule has 1 saturated carbocycles. The maximum Gasteiger partial charge on any atom is 0.249 e. The zero-order valence-corrected chi connectivity index (χ0v) is 16.0. The Morgan fingerprint density at radius 2 is 1.86 bits per heavy atom. The number of halogens is 2. The number of aromatic nitrogens is 2. The lowest BCUT2D eigenvalue weighted by atomic mass is 9.79. The summed E-state index contributed by atoms with van der Waals surface area (Å²) in [4.78, 5) is 18.6. The summed E-state index contributed by atoms with van der Waals surface area (Å²) in [5.74, 6) is -0.880. The molecule has 7 heteroatoms. The third-order valence-corrected chi connectivity index (χ3v) is 6.01. The highest BCUT2D eigenvalue weighted by Crippen LogP contribution is 2.37. The fourth-order valence-electron chi connectivity index (χ4n) is 4.45. The molecule has 0 unspecified atom stereocenters. The molecule has 0 radical (unpaired) electrons. The number of carbonyl (C=O) groups is 1. The first-order valence-electron chi connectivity index (χ1n) is 9.90. The highest BCUT2D eigenvalue weighted by atomic mass is 19.1. The lowest BCUT2D eigenvalue weighted by Gasteiger charge is -2.32. The van der Waals surface area contributed by atoms with Crippen molar-refractivity contribution in [2.24, 2.45) is 18.9 Å². The average molecular weight is 389 g/mol. The lowest BCUT2D eigenvalue weighted by Crippen LogP contribution is -2.37. The summed E-state index contributed by atoms with van der Waals surface area (Å²) in [6.45, 7) is 0.379. The highest BCUT2D eigenvalue weighted by molar-refractivity contribution is 5.78. The minimum atomic E-state index is -0.634. The van der Waals surface area contributed by atoms with Gasteiger partial charge in [-0.15, -0.1) is 0 Å². The van der Waals surface area contributed by atoms with Crippen LogP contribution in [0.4, 0.5) is 8.78 Å². The molecule has 0 spiro atoms. The van der Waals surface area contributed by atoms with Gasteiger partial charge in [-0.3, -0.25) is 14.3 Å². The number of hydroxylamine groups is 2. The van der Waals surface area contributed by atoms with Gasteiger partial charge in [0.15, 0.2) is 0 Å². The lowest BCUT2D eigenvalue weighted by molar-refractivity contribution is -0.183. The Hall–Kier alpha value is -2.28. The van der Waals surface area contributed by atoms with Gasteiger partial charge in [-0.1, -0.05) is 0 Å². The van der Waals surface area contributed by atoms with Gasteiger partial charge in [0.25, 0.3) is 0 Å². The monoisotopic (exact) mass is 389 g/mol. The predicted molar refractivity (Wildman–Crippen MR) is 98.9 cm³/mol. The molecule has 2 fully saturated rings. The zero-order valence-electron chi connectivity index (χ0n) is 16.0. The van der Waals surface area contributed by atoms with Crippen LogP contribution >= 0.6 is 0 Å². The number of rotatable bonds is 4. The van der Waals surface area contributed by atoms with Crippen LogP contribution < -0.4 is 0 Å². The Kier molecular flexibility index (Phi) is 5.44. The number of nitrogens with zero attached hydrogens (tertiary/aromatic N) is 3. The summed E-state index contributed by atoms with van der Waals surface area (Å²) in [6, 6.07) is 5.03. The molecule has 1 aliphatic carbocycles. The second-order valence-corrected chi connectivity index (χ2v) is 7.87. The van der Waals surface area contributed by atoms with Crippen LogP contribution in [0.2, 0.25) is 0 Å². The minimum Gasteiger partial charge on any atom is -0.273 e.